The molecule has 0 bridgehead atoms. The van der Waals surface area contributed by atoms with E-state index in [0.717, 1.165) is 17.3 Å². The number of hydrogen-bond acceptors (Lipinski definition) is 0. The molecule has 4 radical (unpaired) electrons. The van der Waals surface area contributed by atoms with E-state index < -0.39 is 15.0 Å². The van der Waals surface area contributed by atoms with E-state index in [4.69, 9.17) is 26.8 Å². The second kappa shape index (κ2) is 7.13. The smallest absolute Gasteiger partial charge is 0 e. The summed E-state index contributed by atoms with van der Waals surface area (Å²) in [5.74, 6) is 0. The van der Waals surface area contributed by atoms with Gasteiger partial charge in [0.05, 0.1) is 0 Å². The van der Waals surface area contributed by atoms with Gasteiger partial charge in [0.15, 0.2) is 0 Å². The molecule has 0 saturated carbocycles. The Bertz CT molecular complexity index is 61.3. The van der Waals surface area contributed by atoms with Gasteiger partial charge >= 0.3 is 66.0 Å². The van der Waals surface area contributed by atoms with Gasteiger partial charge in [-0.25, -0.2) is 0 Å². The van der Waals surface area contributed by atoms with Crippen LogP contribution in [-0.2, 0) is 0 Å². The van der Waals surface area contributed by atoms with Gasteiger partial charge < -0.3 is 0 Å². The van der Waals surface area contributed by atoms with Crippen LogP contribution in [0.25, 0.3) is 0 Å². The fourth-order valence-electron chi connectivity index (χ4n) is 0.377. The Morgan fingerprint density at radius 2 is 1.67 bits per heavy atom. The summed E-state index contributed by atoms with van der Waals surface area (Å²) < 4.78 is 0.871. The topological polar surface area (TPSA) is 0 Å². The van der Waals surface area contributed by atoms with E-state index in [0.29, 0.717) is 0 Å². The quantitative estimate of drug-likeness (QED) is 0.639. The van der Waals surface area contributed by atoms with Crippen LogP contribution in [-0.4, -0.2) is 38.9 Å². The number of unbranched alkanes of at least 4 members (excludes halogenated alkanes) is 1. The predicted molar refractivity (Wildman–Crippen MR) is 48.8 cm³/mol. The maximum atomic E-state index is 5.65. The normalized spacial score (nSPS) is 10.7. The van der Waals surface area contributed by atoms with Crippen molar-refractivity contribution in [2.75, 3.05) is 0 Å². The van der Waals surface area contributed by atoms with Gasteiger partial charge in [-0.05, 0) is 0 Å². The van der Waals surface area contributed by atoms with E-state index in [2.05, 4.69) is 6.92 Å². The fourth-order valence-corrected chi connectivity index (χ4v) is 5.22. The molecule has 0 aromatic heterocycles. The van der Waals surface area contributed by atoms with Crippen molar-refractivity contribution in [2.24, 2.45) is 0 Å². The Morgan fingerprint density at radius 3 is 1.78 bits per heavy atom. The largest absolute Gasteiger partial charge is 0 e. The van der Waals surface area contributed by atoms with E-state index in [-0.39, 0.29) is 23.9 Å². The second-order valence-electron chi connectivity index (χ2n) is 1.72. The van der Waals surface area contributed by atoms with Crippen molar-refractivity contribution in [1.29, 1.82) is 0 Å². The van der Waals surface area contributed by atoms with Crippen LogP contribution in [0.1, 0.15) is 19.8 Å². The summed E-state index contributed by atoms with van der Waals surface area (Å²) in [6, 6.07) is 0. The average Bonchev–Trinajstić information content (AvgIpc) is 1.59. The Morgan fingerprint density at radius 1 is 1.22 bits per heavy atom. The van der Waals surface area contributed by atoms with Crippen molar-refractivity contribution in [3.05, 3.63) is 0 Å². The first-order chi connectivity index (χ1) is 3.56. The molecule has 54 valence electrons. The molecule has 0 aliphatic rings. The maximum absolute atomic E-state index is 5.65. The second-order valence-corrected chi connectivity index (χ2v) is 23.5. The molecule has 0 heterocycles. The minimum atomic E-state index is -2.89. The first-order valence-corrected chi connectivity index (χ1v) is 15.5. The third-order valence-corrected chi connectivity index (χ3v) is 7.24. The third-order valence-electron chi connectivity index (χ3n) is 0.814. The van der Waals surface area contributed by atoms with Crippen molar-refractivity contribution in [1.82, 2.24) is 0 Å². The van der Waals surface area contributed by atoms with E-state index in [1.54, 1.807) is 0 Å². The summed E-state index contributed by atoms with van der Waals surface area (Å²) in [5.41, 5.74) is 0. The van der Waals surface area contributed by atoms with Gasteiger partial charge in [0.25, 0.3) is 0 Å². The minimum absolute atomic E-state index is 0. The Hall–Kier alpha value is 2.47. The molecule has 0 fully saturated rings. The number of rotatable bonds is 3. The summed E-state index contributed by atoms with van der Waals surface area (Å²) in [4.78, 5) is 0. The monoisotopic (exact) mass is 402 g/mol. The molecule has 0 nitrogen and oxygen atoms in total. The van der Waals surface area contributed by atoms with Crippen LogP contribution < -0.4 is 0 Å². The Labute approximate surface area is 88.6 Å². The van der Waals surface area contributed by atoms with Crippen LogP contribution >= 0.6 is 26.8 Å². The van der Waals surface area contributed by atoms with Crippen LogP contribution in [0, 0.1) is 0 Å². The zero-order chi connectivity index (χ0) is 6.62. The third kappa shape index (κ3) is 13.5. The molecule has 5 heteroatoms. The molecule has 0 aliphatic heterocycles. The van der Waals surface area contributed by atoms with Crippen LogP contribution in [0.15, 0.2) is 0 Å². The molecule has 9 heavy (non-hydrogen) atoms. The Kier molecular flexibility index (Phi) is 11.1. The van der Waals surface area contributed by atoms with Crippen molar-refractivity contribution >= 4 is 65.7 Å². The standard InChI is InChI=1S/C4H9.3ClH.2Sn/c1-3-4-2;;;;;/h1,3-4H2,2H3;3*1H;;/q;;;;;+3/p-3. The van der Waals surface area contributed by atoms with Crippen LogP contribution in [0.5, 0.6) is 0 Å². The van der Waals surface area contributed by atoms with Gasteiger partial charge in [-0.1, -0.05) is 0 Å². The molecule has 0 amide bonds. The molecule has 0 aromatic carbocycles. The van der Waals surface area contributed by atoms with Gasteiger partial charge in [-0.2, -0.15) is 0 Å². The first kappa shape index (κ1) is 14.0. The van der Waals surface area contributed by atoms with Crippen molar-refractivity contribution in [3.63, 3.8) is 0 Å². The Balaban J connectivity index is 0. The molecule has 0 aliphatic carbocycles. The molecule has 0 N–H and O–H groups in total. The molecule has 0 rings (SSSR count). The minimum Gasteiger partial charge on any atom is 0 e. The molecule has 0 atom stereocenters. The van der Waals surface area contributed by atoms with Gasteiger partial charge in [0, 0.05) is 23.9 Å². The molecule has 0 saturated heterocycles. The first-order valence-electron chi connectivity index (χ1n) is 2.63. The van der Waals surface area contributed by atoms with Gasteiger partial charge in [-0.15, -0.1) is 0 Å². The average molecular weight is 401 g/mol. The zero-order valence-electron chi connectivity index (χ0n) is 5.26. The predicted octanol–water partition coefficient (Wildman–Crippen LogP) is 3.06. The van der Waals surface area contributed by atoms with Crippen molar-refractivity contribution in [3.8, 4) is 0 Å². The van der Waals surface area contributed by atoms with E-state index in [9.17, 15) is 0 Å². The van der Waals surface area contributed by atoms with E-state index >= 15 is 0 Å². The summed E-state index contributed by atoms with van der Waals surface area (Å²) in [7, 11) is 17.0. The SMILES string of the molecule is CCC[CH2][Sn]([Cl])([Cl])[Cl].[Sn]. The summed E-state index contributed by atoms with van der Waals surface area (Å²) >= 11 is -2.89. The summed E-state index contributed by atoms with van der Waals surface area (Å²) in [5, 5.41) is 0. The van der Waals surface area contributed by atoms with E-state index in [1.807, 2.05) is 0 Å². The number of halogens is 3. The zero-order valence-corrected chi connectivity index (χ0v) is 13.2. The number of hydrogen-bond donors (Lipinski definition) is 0. The van der Waals surface area contributed by atoms with Crippen molar-refractivity contribution in [2.45, 2.75) is 24.2 Å². The van der Waals surface area contributed by atoms with Gasteiger partial charge in [0.2, 0.25) is 0 Å². The van der Waals surface area contributed by atoms with Gasteiger partial charge in [-0.3, -0.25) is 0 Å². The fraction of sp³-hybridized carbons (Fsp3) is 1.00. The maximum Gasteiger partial charge on any atom is 0 e. The van der Waals surface area contributed by atoms with Crippen LogP contribution in [0.3, 0.4) is 0 Å². The van der Waals surface area contributed by atoms with Crippen molar-refractivity contribution < 1.29 is 0 Å². The summed E-state index contributed by atoms with van der Waals surface area (Å²) in [6.45, 7) is 2.10. The van der Waals surface area contributed by atoms with Crippen LogP contribution in [0.4, 0.5) is 0 Å². The van der Waals surface area contributed by atoms with Gasteiger partial charge in [0.1, 0.15) is 0 Å². The molecule has 0 aromatic rings. The summed E-state index contributed by atoms with van der Waals surface area (Å²) in [6.07, 6.45) is 2.21. The van der Waals surface area contributed by atoms with E-state index in [1.165, 1.54) is 0 Å². The molecule has 0 unspecified atom stereocenters. The molecular weight excluding hydrogens is 392 g/mol. The van der Waals surface area contributed by atoms with Crippen LogP contribution in [0.2, 0.25) is 4.44 Å². The molecule has 0 spiro atoms. The molecular formula is C4H9Cl3Sn2.